The lowest BCUT2D eigenvalue weighted by atomic mass is 9.97. The molecule has 1 N–H and O–H groups in total. The van der Waals surface area contributed by atoms with E-state index in [2.05, 4.69) is 71.7 Å². The summed E-state index contributed by atoms with van der Waals surface area (Å²) in [6.45, 7) is 5.87. The van der Waals surface area contributed by atoms with Crippen LogP contribution < -0.4 is 5.32 Å². The average molecular weight is 389 g/mol. The molecule has 4 heteroatoms. The normalized spacial score (nSPS) is 15.9. The van der Waals surface area contributed by atoms with Crippen molar-refractivity contribution >= 4 is 16.7 Å². The van der Waals surface area contributed by atoms with Crippen LogP contribution in [0.5, 0.6) is 0 Å². The molecule has 0 radical (unpaired) electrons. The summed E-state index contributed by atoms with van der Waals surface area (Å²) >= 11 is 0. The van der Waals surface area contributed by atoms with E-state index >= 15 is 0 Å². The van der Waals surface area contributed by atoms with Crippen molar-refractivity contribution in [3.63, 3.8) is 0 Å². The Kier molecular flexibility index (Phi) is 6.23. The first-order valence-corrected chi connectivity index (χ1v) is 10.3. The molecule has 150 valence electrons. The summed E-state index contributed by atoms with van der Waals surface area (Å²) in [6.07, 6.45) is 0.410. The summed E-state index contributed by atoms with van der Waals surface area (Å²) in [5, 5.41) is 5.67. The number of fused-ring (bicyclic) bond motifs is 1. The Morgan fingerprint density at radius 3 is 2.62 bits per heavy atom. The van der Waals surface area contributed by atoms with Gasteiger partial charge in [0.1, 0.15) is 0 Å². The standard InChI is InChI=1S/C25H28N2O2/c1-19-6-4-7-20(16-19)17-25(28)26-18-24(27-12-14-29-15-13-27)23-11-5-9-21-8-2-3-10-22(21)23/h2-11,16,24H,12-15,17-18H2,1H3,(H,26,28)/t24-/m0/s1. The molecule has 3 aromatic carbocycles. The summed E-state index contributed by atoms with van der Waals surface area (Å²) in [6, 6.07) is 23.2. The quantitative estimate of drug-likeness (QED) is 0.697. The molecule has 1 aliphatic rings. The van der Waals surface area contributed by atoms with Gasteiger partial charge in [-0.05, 0) is 28.8 Å². The van der Waals surface area contributed by atoms with Crippen LogP contribution >= 0.6 is 0 Å². The predicted molar refractivity (Wildman–Crippen MR) is 117 cm³/mol. The molecule has 0 aromatic heterocycles. The number of aryl methyl sites for hydroxylation is 1. The number of hydrogen-bond acceptors (Lipinski definition) is 3. The molecule has 1 amide bonds. The van der Waals surface area contributed by atoms with Gasteiger partial charge in [-0.1, -0.05) is 72.3 Å². The zero-order chi connectivity index (χ0) is 20.1. The fraction of sp³-hybridized carbons (Fsp3) is 0.320. The number of nitrogens with zero attached hydrogens (tertiary/aromatic N) is 1. The monoisotopic (exact) mass is 388 g/mol. The highest BCUT2D eigenvalue weighted by Gasteiger charge is 2.24. The number of rotatable bonds is 6. The maximum absolute atomic E-state index is 12.7. The number of amides is 1. The van der Waals surface area contributed by atoms with Gasteiger partial charge in [0, 0.05) is 19.6 Å². The van der Waals surface area contributed by atoms with Gasteiger partial charge in [0.05, 0.1) is 25.7 Å². The lowest BCUT2D eigenvalue weighted by Gasteiger charge is -2.35. The highest BCUT2D eigenvalue weighted by molar-refractivity contribution is 5.86. The summed E-state index contributed by atoms with van der Waals surface area (Å²) in [5.74, 6) is 0.0640. The highest BCUT2D eigenvalue weighted by atomic mass is 16.5. The average Bonchev–Trinajstić information content (AvgIpc) is 2.75. The second-order valence-corrected chi connectivity index (χ2v) is 7.70. The van der Waals surface area contributed by atoms with E-state index < -0.39 is 0 Å². The van der Waals surface area contributed by atoms with Gasteiger partial charge in [-0.2, -0.15) is 0 Å². The van der Waals surface area contributed by atoms with Crippen molar-refractivity contribution in [1.82, 2.24) is 10.2 Å². The van der Waals surface area contributed by atoms with Crippen LogP contribution in [-0.4, -0.2) is 43.7 Å². The fourth-order valence-electron chi connectivity index (χ4n) is 4.15. The zero-order valence-corrected chi connectivity index (χ0v) is 16.9. The van der Waals surface area contributed by atoms with Crippen LogP contribution in [-0.2, 0) is 16.0 Å². The summed E-state index contributed by atoms with van der Waals surface area (Å²) in [7, 11) is 0. The number of ether oxygens (including phenoxy) is 1. The second kappa shape index (κ2) is 9.21. The SMILES string of the molecule is Cc1cccc(CC(=O)NC[C@@H](c2cccc3ccccc23)N2CCOCC2)c1. The summed E-state index contributed by atoms with van der Waals surface area (Å²) < 4.78 is 5.56. The van der Waals surface area contributed by atoms with E-state index in [1.807, 2.05) is 12.1 Å². The van der Waals surface area contributed by atoms with E-state index in [-0.39, 0.29) is 11.9 Å². The third-order valence-corrected chi connectivity index (χ3v) is 5.61. The number of benzene rings is 3. The summed E-state index contributed by atoms with van der Waals surface area (Å²) in [4.78, 5) is 15.1. The van der Waals surface area contributed by atoms with Gasteiger partial charge < -0.3 is 10.1 Å². The number of carbonyl (C=O) groups is 1. The molecular weight excluding hydrogens is 360 g/mol. The van der Waals surface area contributed by atoms with E-state index in [0.717, 1.165) is 31.9 Å². The molecule has 1 saturated heterocycles. The fourth-order valence-corrected chi connectivity index (χ4v) is 4.15. The zero-order valence-electron chi connectivity index (χ0n) is 16.9. The number of morpholine rings is 1. The van der Waals surface area contributed by atoms with E-state index in [0.29, 0.717) is 13.0 Å². The van der Waals surface area contributed by atoms with E-state index in [9.17, 15) is 4.79 Å². The van der Waals surface area contributed by atoms with Gasteiger partial charge in [0.15, 0.2) is 0 Å². The molecule has 1 aliphatic heterocycles. The molecule has 1 fully saturated rings. The Morgan fingerprint density at radius 2 is 1.79 bits per heavy atom. The van der Waals surface area contributed by atoms with Gasteiger partial charge in [0.2, 0.25) is 5.91 Å². The second-order valence-electron chi connectivity index (χ2n) is 7.70. The molecular formula is C25H28N2O2. The largest absolute Gasteiger partial charge is 0.379 e. The van der Waals surface area contributed by atoms with Crippen LogP contribution in [0.4, 0.5) is 0 Å². The Bertz CT molecular complexity index is 974. The first kappa shape index (κ1) is 19.6. The van der Waals surface area contributed by atoms with E-state index in [1.165, 1.54) is 21.9 Å². The third-order valence-electron chi connectivity index (χ3n) is 5.61. The Hall–Kier alpha value is -2.69. The minimum Gasteiger partial charge on any atom is -0.379 e. The maximum Gasteiger partial charge on any atom is 0.224 e. The Labute approximate surface area is 172 Å². The van der Waals surface area contributed by atoms with Crippen molar-refractivity contribution < 1.29 is 9.53 Å². The molecule has 0 unspecified atom stereocenters. The van der Waals surface area contributed by atoms with Gasteiger partial charge in [-0.3, -0.25) is 9.69 Å². The van der Waals surface area contributed by atoms with Gasteiger partial charge in [-0.15, -0.1) is 0 Å². The molecule has 1 heterocycles. The number of carbonyl (C=O) groups excluding carboxylic acids is 1. The van der Waals surface area contributed by atoms with Gasteiger partial charge >= 0.3 is 0 Å². The minimum absolute atomic E-state index is 0.0640. The van der Waals surface area contributed by atoms with Crippen molar-refractivity contribution in [3.8, 4) is 0 Å². The lowest BCUT2D eigenvalue weighted by Crippen LogP contribution is -2.44. The number of hydrogen-bond donors (Lipinski definition) is 1. The van der Waals surface area contributed by atoms with Gasteiger partial charge in [-0.25, -0.2) is 0 Å². The van der Waals surface area contributed by atoms with Crippen molar-refractivity contribution in [2.24, 2.45) is 0 Å². The predicted octanol–water partition coefficient (Wildman–Crippen LogP) is 3.88. The molecule has 0 saturated carbocycles. The van der Waals surface area contributed by atoms with Crippen molar-refractivity contribution in [3.05, 3.63) is 83.4 Å². The molecule has 4 nitrogen and oxygen atoms in total. The van der Waals surface area contributed by atoms with Crippen molar-refractivity contribution in [2.75, 3.05) is 32.8 Å². The van der Waals surface area contributed by atoms with E-state index in [4.69, 9.17) is 4.74 Å². The molecule has 4 rings (SSSR count). The first-order valence-electron chi connectivity index (χ1n) is 10.3. The third kappa shape index (κ3) is 4.84. The van der Waals surface area contributed by atoms with Crippen LogP contribution in [0.2, 0.25) is 0 Å². The minimum atomic E-state index is 0.0640. The topological polar surface area (TPSA) is 41.6 Å². The molecule has 0 aliphatic carbocycles. The molecule has 0 spiro atoms. The van der Waals surface area contributed by atoms with Crippen LogP contribution in [0.3, 0.4) is 0 Å². The lowest BCUT2D eigenvalue weighted by molar-refractivity contribution is -0.120. The molecule has 1 atom stereocenters. The molecule has 29 heavy (non-hydrogen) atoms. The Balaban J connectivity index is 1.54. The Morgan fingerprint density at radius 1 is 1.03 bits per heavy atom. The van der Waals surface area contributed by atoms with Crippen LogP contribution in [0.25, 0.3) is 10.8 Å². The summed E-state index contributed by atoms with van der Waals surface area (Å²) in [5.41, 5.74) is 3.49. The number of nitrogens with one attached hydrogen (secondary N) is 1. The first-order chi connectivity index (χ1) is 14.2. The van der Waals surface area contributed by atoms with Crippen LogP contribution in [0, 0.1) is 6.92 Å². The maximum atomic E-state index is 12.7. The van der Waals surface area contributed by atoms with Crippen molar-refractivity contribution in [2.45, 2.75) is 19.4 Å². The smallest absolute Gasteiger partial charge is 0.224 e. The molecule has 3 aromatic rings. The molecule has 0 bridgehead atoms. The van der Waals surface area contributed by atoms with E-state index in [1.54, 1.807) is 0 Å². The van der Waals surface area contributed by atoms with Crippen LogP contribution in [0.1, 0.15) is 22.7 Å². The highest BCUT2D eigenvalue weighted by Crippen LogP contribution is 2.28. The van der Waals surface area contributed by atoms with Gasteiger partial charge in [0.25, 0.3) is 0 Å². The van der Waals surface area contributed by atoms with Crippen molar-refractivity contribution in [1.29, 1.82) is 0 Å². The van der Waals surface area contributed by atoms with Crippen LogP contribution in [0.15, 0.2) is 66.7 Å².